The van der Waals surface area contributed by atoms with Crippen LogP contribution < -0.4 is 16.1 Å². The molecule has 0 spiro atoms. The van der Waals surface area contributed by atoms with Gasteiger partial charge in [0.1, 0.15) is 18.7 Å². The molecular weight excluding hydrogens is 294 g/mol. The molecule has 1 aliphatic rings. The highest BCUT2D eigenvalue weighted by Crippen LogP contribution is 2.28. The third-order valence-electron chi connectivity index (χ3n) is 3.26. The van der Waals surface area contributed by atoms with Gasteiger partial charge in [0.2, 0.25) is 0 Å². The van der Waals surface area contributed by atoms with Gasteiger partial charge in [-0.05, 0) is 30.2 Å². The predicted molar refractivity (Wildman–Crippen MR) is 90.6 cm³/mol. The Kier molecular flexibility index (Phi) is 6.78. The first-order valence-electron chi connectivity index (χ1n) is 7.48. The van der Waals surface area contributed by atoms with E-state index < -0.39 is 0 Å². The second-order valence-corrected chi connectivity index (χ2v) is 6.13. The Morgan fingerprint density at radius 2 is 1.87 bits per heavy atom. The number of hydroxylamine groups is 1. The second kappa shape index (κ2) is 8.33. The summed E-state index contributed by atoms with van der Waals surface area (Å²) in [5.41, 5.74) is 4.70. The number of hydrogen-bond acceptors (Lipinski definition) is 4. The molecule has 6 heteroatoms. The van der Waals surface area contributed by atoms with Crippen molar-refractivity contribution in [2.45, 2.75) is 40.3 Å². The minimum absolute atomic E-state index is 0.0874. The molecule has 23 heavy (non-hydrogen) atoms. The Morgan fingerprint density at radius 3 is 2.35 bits per heavy atom. The number of urea groups is 1. The van der Waals surface area contributed by atoms with Gasteiger partial charge in [-0.2, -0.15) is 0 Å². The van der Waals surface area contributed by atoms with Crippen molar-refractivity contribution in [3.8, 4) is 0 Å². The topological polar surface area (TPSA) is 79.5 Å². The molecular formula is C17H25N3O3. The van der Waals surface area contributed by atoms with Crippen molar-refractivity contribution >= 4 is 18.5 Å². The molecule has 2 rings (SSSR count). The number of carbonyl (C=O) groups excluding carboxylic acids is 2. The lowest BCUT2D eigenvalue weighted by Gasteiger charge is -2.17. The van der Waals surface area contributed by atoms with Crippen molar-refractivity contribution in [2.75, 3.05) is 5.32 Å². The Bertz CT molecular complexity index is 547. The maximum Gasteiger partial charge on any atom is 0.320 e. The van der Waals surface area contributed by atoms with Crippen LogP contribution in [0.3, 0.4) is 0 Å². The zero-order valence-electron chi connectivity index (χ0n) is 14.1. The summed E-state index contributed by atoms with van der Waals surface area (Å²) in [6.07, 6.45) is 2.53. The van der Waals surface area contributed by atoms with Crippen LogP contribution in [0.15, 0.2) is 36.1 Å². The Morgan fingerprint density at radius 1 is 1.26 bits per heavy atom. The number of anilines is 1. The molecule has 1 aromatic carbocycles. The zero-order chi connectivity index (χ0) is 17.5. The summed E-state index contributed by atoms with van der Waals surface area (Å²) in [4.78, 5) is 25.3. The van der Waals surface area contributed by atoms with Crippen molar-refractivity contribution in [2.24, 2.45) is 5.41 Å². The van der Waals surface area contributed by atoms with Gasteiger partial charge in [0.25, 0.3) is 0 Å². The number of aryl methyl sites for hydroxylation is 1. The number of nitrogens with one attached hydrogen (secondary N) is 3. The summed E-state index contributed by atoms with van der Waals surface area (Å²) in [6, 6.07) is 7.53. The highest BCUT2D eigenvalue weighted by atomic mass is 16.7. The van der Waals surface area contributed by atoms with Gasteiger partial charge in [-0.15, -0.1) is 5.48 Å². The van der Waals surface area contributed by atoms with E-state index in [1.807, 2.05) is 37.1 Å². The molecule has 3 N–H and O–H groups in total. The summed E-state index contributed by atoms with van der Waals surface area (Å²) in [5, 5.41) is 5.59. The molecule has 6 nitrogen and oxygen atoms in total. The minimum atomic E-state index is -0.325. The van der Waals surface area contributed by atoms with Crippen LogP contribution in [0.2, 0.25) is 0 Å². The molecule has 0 bridgehead atoms. The molecule has 1 atom stereocenters. The molecule has 1 aliphatic heterocycles. The Labute approximate surface area is 137 Å². The van der Waals surface area contributed by atoms with E-state index in [0.717, 1.165) is 17.9 Å². The molecule has 126 valence electrons. The summed E-state index contributed by atoms with van der Waals surface area (Å²) >= 11 is 0. The molecule has 0 fully saturated rings. The lowest BCUT2D eigenvalue weighted by molar-refractivity contribution is -0.0979. The number of allylic oxidation sites excluding steroid dienone is 1. The molecule has 0 saturated heterocycles. The third kappa shape index (κ3) is 5.75. The maximum atomic E-state index is 11.9. The van der Waals surface area contributed by atoms with Gasteiger partial charge < -0.3 is 20.3 Å². The lowest BCUT2D eigenvalue weighted by Crippen LogP contribution is -2.43. The van der Waals surface area contributed by atoms with Crippen LogP contribution >= 0.6 is 0 Å². The van der Waals surface area contributed by atoms with E-state index in [1.54, 1.807) is 0 Å². The fourth-order valence-corrected chi connectivity index (χ4v) is 1.95. The van der Waals surface area contributed by atoms with Gasteiger partial charge in [-0.3, -0.25) is 0 Å². The number of carbonyl (C=O) groups is 2. The van der Waals surface area contributed by atoms with Gasteiger partial charge in [-0.1, -0.05) is 39.8 Å². The third-order valence-corrected chi connectivity index (χ3v) is 3.26. The standard InChI is InChI=1S/C16H23N3O2.CH2O/c1-5-11-6-8-12(9-7-11)17-15(20)18-14-10-13(21-19-14)16(2,3)4;1-2/h6-10,14,19H,5H2,1-4H3,(H2,17,18,20);1H2. The molecule has 1 heterocycles. The average molecular weight is 319 g/mol. The molecule has 0 saturated carbocycles. The fourth-order valence-electron chi connectivity index (χ4n) is 1.95. The van der Waals surface area contributed by atoms with Crippen LogP contribution in [-0.4, -0.2) is 19.0 Å². The van der Waals surface area contributed by atoms with Crippen LogP contribution in [0.25, 0.3) is 0 Å². The van der Waals surface area contributed by atoms with E-state index in [4.69, 9.17) is 9.63 Å². The van der Waals surface area contributed by atoms with E-state index in [0.29, 0.717) is 0 Å². The second-order valence-electron chi connectivity index (χ2n) is 6.13. The van der Waals surface area contributed by atoms with Gasteiger partial charge in [-0.25, -0.2) is 4.79 Å². The molecule has 1 unspecified atom stereocenters. The van der Waals surface area contributed by atoms with Crippen LogP contribution in [0.1, 0.15) is 33.3 Å². The molecule has 0 aliphatic carbocycles. The SMILES string of the molecule is C=O.CCc1ccc(NC(=O)NC2C=C(C(C)(C)C)ON2)cc1. The molecule has 1 aromatic rings. The first-order valence-corrected chi connectivity index (χ1v) is 7.48. The largest absolute Gasteiger partial charge is 0.410 e. The van der Waals surface area contributed by atoms with Gasteiger partial charge in [0, 0.05) is 11.1 Å². The van der Waals surface area contributed by atoms with E-state index in [9.17, 15) is 4.79 Å². The highest BCUT2D eigenvalue weighted by Gasteiger charge is 2.27. The van der Waals surface area contributed by atoms with Gasteiger partial charge in [0.15, 0.2) is 0 Å². The average Bonchev–Trinajstić information content (AvgIpc) is 2.98. The smallest absolute Gasteiger partial charge is 0.320 e. The van der Waals surface area contributed by atoms with Crippen molar-refractivity contribution in [3.63, 3.8) is 0 Å². The van der Waals surface area contributed by atoms with E-state index in [1.165, 1.54) is 5.56 Å². The molecule has 2 amide bonds. The van der Waals surface area contributed by atoms with Gasteiger partial charge >= 0.3 is 6.03 Å². The number of benzene rings is 1. The van der Waals surface area contributed by atoms with Crippen LogP contribution in [-0.2, 0) is 16.1 Å². The Hall–Kier alpha value is -2.34. The zero-order valence-corrected chi connectivity index (χ0v) is 14.1. The first kappa shape index (κ1) is 18.7. The minimum Gasteiger partial charge on any atom is -0.410 e. The Balaban J connectivity index is 0.00000127. The number of rotatable bonds is 3. The van der Waals surface area contributed by atoms with Crippen LogP contribution in [0, 0.1) is 5.41 Å². The molecule has 0 radical (unpaired) electrons. The number of amides is 2. The van der Waals surface area contributed by atoms with Crippen molar-refractivity contribution in [1.29, 1.82) is 0 Å². The summed E-state index contributed by atoms with van der Waals surface area (Å²) in [7, 11) is 0. The quantitative estimate of drug-likeness (QED) is 0.800. The van der Waals surface area contributed by atoms with E-state index >= 15 is 0 Å². The van der Waals surface area contributed by atoms with Crippen molar-refractivity contribution in [1.82, 2.24) is 10.8 Å². The number of hydrogen-bond donors (Lipinski definition) is 3. The first-order chi connectivity index (χ1) is 10.9. The normalized spacial score (nSPS) is 16.5. The van der Waals surface area contributed by atoms with Gasteiger partial charge in [0.05, 0.1) is 0 Å². The fraction of sp³-hybridized carbons (Fsp3) is 0.412. The highest BCUT2D eigenvalue weighted by molar-refractivity contribution is 5.89. The maximum absolute atomic E-state index is 11.9. The van der Waals surface area contributed by atoms with E-state index in [2.05, 4.69) is 43.8 Å². The van der Waals surface area contributed by atoms with E-state index in [-0.39, 0.29) is 17.6 Å². The molecule has 0 aromatic heterocycles. The lowest BCUT2D eigenvalue weighted by atomic mass is 9.94. The van der Waals surface area contributed by atoms with Crippen LogP contribution in [0.4, 0.5) is 10.5 Å². The van der Waals surface area contributed by atoms with Crippen LogP contribution in [0.5, 0.6) is 0 Å². The summed E-state index contributed by atoms with van der Waals surface area (Å²) in [6.45, 7) is 10.3. The summed E-state index contributed by atoms with van der Waals surface area (Å²) < 4.78 is 0. The monoisotopic (exact) mass is 319 g/mol. The van der Waals surface area contributed by atoms with Crippen molar-refractivity contribution in [3.05, 3.63) is 41.7 Å². The predicted octanol–water partition coefficient (Wildman–Crippen LogP) is 2.98. The summed E-state index contributed by atoms with van der Waals surface area (Å²) in [5.74, 6) is 0.820. The van der Waals surface area contributed by atoms with Crippen molar-refractivity contribution < 1.29 is 14.4 Å².